The molecule has 1 amide bonds. The van der Waals surface area contributed by atoms with Gasteiger partial charge >= 0.3 is 0 Å². The van der Waals surface area contributed by atoms with Crippen molar-refractivity contribution in [3.05, 3.63) is 69.7 Å². The Morgan fingerprint density at radius 2 is 1.84 bits per heavy atom. The van der Waals surface area contributed by atoms with Crippen molar-refractivity contribution in [3.8, 4) is 5.69 Å². The number of carbonyl (C=O) groups excluding carboxylic acids is 1. The number of benzene rings is 2. The molecule has 2 aromatic carbocycles. The van der Waals surface area contributed by atoms with Gasteiger partial charge in [-0.1, -0.05) is 41.6 Å². The van der Waals surface area contributed by atoms with Crippen molar-refractivity contribution in [3.63, 3.8) is 0 Å². The first-order valence-electron chi connectivity index (χ1n) is 10.1. The number of rotatable bonds is 6. The predicted octanol–water partition coefficient (Wildman–Crippen LogP) is 5.33. The van der Waals surface area contributed by atoms with E-state index in [0.29, 0.717) is 16.0 Å². The Labute approximate surface area is 195 Å². The SMILES string of the molecule is CC(=O)N(c1nc(CSc2nnnn2-c2cccc(C)c2)cs1)c1c(C)cc(C)cc1C. The van der Waals surface area contributed by atoms with Crippen LogP contribution in [0.4, 0.5) is 10.8 Å². The summed E-state index contributed by atoms with van der Waals surface area (Å²) >= 11 is 2.98. The van der Waals surface area contributed by atoms with E-state index in [0.717, 1.165) is 33.8 Å². The van der Waals surface area contributed by atoms with E-state index in [2.05, 4.69) is 34.6 Å². The van der Waals surface area contributed by atoms with Crippen LogP contribution >= 0.6 is 23.1 Å². The molecule has 0 bridgehead atoms. The first-order valence-corrected chi connectivity index (χ1v) is 12.0. The highest BCUT2D eigenvalue weighted by Crippen LogP contribution is 2.35. The van der Waals surface area contributed by atoms with E-state index in [-0.39, 0.29) is 5.91 Å². The maximum absolute atomic E-state index is 12.6. The summed E-state index contributed by atoms with van der Waals surface area (Å²) in [6, 6.07) is 12.2. The summed E-state index contributed by atoms with van der Waals surface area (Å²) in [4.78, 5) is 19.0. The van der Waals surface area contributed by atoms with Crippen LogP contribution in [0.25, 0.3) is 5.69 Å². The van der Waals surface area contributed by atoms with Gasteiger partial charge in [-0.3, -0.25) is 9.69 Å². The lowest BCUT2D eigenvalue weighted by molar-refractivity contribution is -0.115. The van der Waals surface area contributed by atoms with Crippen molar-refractivity contribution in [2.75, 3.05) is 4.90 Å². The Hall–Kier alpha value is -3.04. The number of thiazole rings is 1. The van der Waals surface area contributed by atoms with Gasteiger partial charge in [0.2, 0.25) is 11.1 Å². The number of hydrogen-bond donors (Lipinski definition) is 0. The fourth-order valence-electron chi connectivity index (χ4n) is 3.71. The van der Waals surface area contributed by atoms with Gasteiger partial charge in [-0.15, -0.1) is 16.4 Å². The number of nitrogens with zero attached hydrogens (tertiary/aromatic N) is 6. The van der Waals surface area contributed by atoms with Crippen molar-refractivity contribution in [2.24, 2.45) is 0 Å². The van der Waals surface area contributed by atoms with Crippen LogP contribution in [0.3, 0.4) is 0 Å². The molecular formula is C23H24N6OS2. The topological polar surface area (TPSA) is 76.8 Å². The van der Waals surface area contributed by atoms with Crippen molar-refractivity contribution < 1.29 is 4.79 Å². The van der Waals surface area contributed by atoms with Crippen molar-refractivity contribution in [1.82, 2.24) is 25.2 Å². The third kappa shape index (κ3) is 4.58. The normalized spacial score (nSPS) is 11.0. The Balaban J connectivity index is 1.56. The molecule has 0 saturated heterocycles. The first kappa shape index (κ1) is 22.2. The molecule has 0 saturated carbocycles. The molecule has 0 unspecified atom stereocenters. The highest BCUT2D eigenvalue weighted by atomic mass is 32.2. The number of tetrazole rings is 1. The van der Waals surface area contributed by atoms with Crippen molar-refractivity contribution >= 4 is 39.8 Å². The van der Waals surface area contributed by atoms with Crippen LogP contribution in [0, 0.1) is 27.7 Å². The van der Waals surface area contributed by atoms with E-state index in [1.165, 1.54) is 28.7 Å². The third-order valence-electron chi connectivity index (χ3n) is 4.94. The summed E-state index contributed by atoms with van der Waals surface area (Å²) in [5.41, 5.74) is 7.13. The molecule has 0 radical (unpaired) electrons. The average molecular weight is 465 g/mol. The number of thioether (sulfide) groups is 1. The van der Waals surface area contributed by atoms with E-state index in [1.54, 1.807) is 16.5 Å². The minimum Gasteiger partial charge on any atom is -0.274 e. The monoisotopic (exact) mass is 464 g/mol. The van der Waals surface area contributed by atoms with Gasteiger partial charge in [0, 0.05) is 18.1 Å². The lowest BCUT2D eigenvalue weighted by Gasteiger charge is -2.23. The van der Waals surface area contributed by atoms with Crippen molar-refractivity contribution in [1.29, 1.82) is 0 Å². The molecule has 2 heterocycles. The number of aromatic nitrogens is 5. The van der Waals surface area contributed by atoms with Gasteiger partial charge in [0.1, 0.15) is 0 Å². The zero-order valence-corrected chi connectivity index (χ0v) is 20.3. The highest BCUT2D eigenvalue weighted by molar-refractivity contribution is 7.98. The number of carbonyl (C=O) groups is 1. The predicted molar refractivity (Wildman–Crippen MR) is 129 cm³/mol. The van der Waals surface area contributed by atoms with Crippen LogP contribution in [-0.4, -0.2) is 31.1 Å². The Morgan fingerprint density at radius 3 is 2.53 bits per heavy atom. The second-order valence-corrected chi connectivity index (χ2v) is 9.50. The molecule has 7 nitrogen and oxygen atoms in total. The van der Waals surface area contributed by atoms with Crippen LogP contribution < -0.4 is 4.90 Å². The maximum atomic E-state index is 12.6. The Kier molecular flexibility index (Phi) is 6.38. The Bertz CT molecular complexity index is 1260. The quantitative estimate of drug-likeness (QED) is 0.359. The van der Waals surface area contributed by atoms with Gasteiger partial charge in [-0.25, -0.2) is 4.98 Å². The molecule has 0 spiro atoms. The number of amides is 1. The second-order valence-electron chi connectivity index (χ2n) is 7.72. The summed E-state index contributed by atoms with van der Waals surface area (Å²) in [5, 5.41) is 15.5. The van der Waals surface area contributed by atoms with Crippen LogP contribution in [0.5, 0.6) is 0 Å². The Morgan fingerprint density at radius 1 is 1.09 bits per heavy atom. The van der Waals surface area contributed by atoms with Gasteiger partial charge in [-0.05, 0) is 66.9 Å². The zero-order chi connectivity index (χ0) is 22.8. The maximum Gasteiger partial charge on any atom is 0.230 e. The van der Waals surface area contributed by atoms with Crippen molar-refractivity contribution in [2.45, 2.75) is 45.5 Å². The summed E-state index contributed by atoms with van der Waals surface area (Å²) in [6.45, 7) is 9.73. The standard InChI is InChI=1S/C23H24N6OS2/c1-14-7-6-8-20(11-14)29-23(25-26-27-29)32-13-19-12-31-22(24-19)28(18(5)30)21-16(3)9-15(2)10-17(21)4/h6-12H,13H2,1-5H3. The van der Waals surface area contributed by atoms with Gasteiger partial charge in [-0.2, -0.15) is 4.68 Å². The number of hydrogen-bond acceptors (Lipinski definition) is 7. The van der Waals surface area contributed by atoms with E-state index in [4.69, 9.17) is 4.98 Å². The van der Waals surface area contributed by atoms with Crippen LogP contribution in [0.15, 0.2) is 46.9 Å². The van der Waals surface area contributed by atoms with Gasteiger partial charge < -0.3 is 0 Å². The minimum atomic E-state index is -0.0583. The lowest BCUT2D eigenvalue weighted by atomic mass is 10.0. The minimum absolute atomic E-state index is 0.0583. The van der Waals surface area contributed by atoms with Gasteiger partial charge in [0.15, 0.2) is 5.13 Å². The second kappa shape index (κ2) is 9.22. The third-order valence-corrected chi connectivity index (χ3v) is 6.77. The van der Waals surface area contributed by atoms with Gasteiger partial charge in [0.25, 0.3) is 0 Å². The molecule has 0 aliphatic rings. The molecule has 2 aromatic heterocycles. The van der Waals surface area contributed by atoms with Gasteiger partial charge in [0.05, 0.1) is 17.1 Å². The molecule has 0 aliphatic heterocycles. The molecule has 4 aromatic rings. The van der Waals surface area contributed by atoms with Crippen LogP contribution in [0.2, 0.25) is 0 Å². The van der Waals surface area contributed by atoms with E-state index in [9.17, 15) is 4.79 Å². The molecule has 164 valence electrons. The molecule has 0 fully saturated rings. The van der Waals surface area contributed by atoms with E-state index >= 15 is 0 Å². The average Bonchev–Trinajstić information content (AvgIpc) is 3.38. The fourth-order valence-corrected chi connectivity index (χ4v) is 5.47. The highest BCUT2D eigenvalue weighted by Gasteiger charge is 2.22. The lowest BCUT2D eigenvalue weighted by Crippen LogP contribution is -2.24. The molecule has 4 rings (SSSR count). The van der Waals surface area contributed by atoms with Crippen LogP contribution in [-0.2, 0) is 10.5 Å². The fraction of sp³-hybridized carbons (Fsp3) is 0.261. The van der Waals surface area contributed by atoms with E-state index < -0.39 is 0 Å². The molecule has 9 heteroatoms. The first-order chi connectivity index (χ1) is 15.3. The molecule has 0 aliphatic carbocycles. The summed E-state index contributed by atoms with van der Waals surface area (Å²) in [5.74, 6) is 0.539. The number of aryl methyl sites for hydroxylation is 4. The van der Waals surface area contributed by atoms with E-state index in [1.807, 2.05) is 50.4 Å². The smallest absolute Gasteiger partial charge is 0.230 e. The molecule has 0 N–H and O–H groups in total. The summed E-state index contributed by atoms with van der Waals surface area (Å²) in [6.07, 6.45) is 0. The largest absolute Gasteiger partial charge is 0.274 e. The summed E-state index contributed by atoms with van der Waals surface area (Å²) in [7, 11) is 0. The molecular weight excluding hydrogens is 440 g/mol. The van der Waals surface area contributed by atoms with Crippen LogP contribution in [0.1, 0.15) is 34.9 Å². The number of anilines is 2. The zero-order valence-electron chi connectivity index (χ0n) is 18.7. The summed E-state index contributed by atoms with van der Waals surface area (Å²) < 4.78 is 1.73. The molecule has 0 atom stereocenters. The molecule has 32 heavy (non-hydrogen) atoms.